The van der Waals surface area contributed by atoms with E-state index >= 15 is 0 Å². The molecular weight excluding hydrogens is 574 g/mol. The number of hydrogen-bond donors (Lipinski definition) is 1. The Morgan fingerprint density at radius 2 is 1.98 bits per heavy atom. The number of para-hydroxylation sites is 1. The van der Waals surface area contributed by atoms with Crippen molar-refractivity contribution in [2.45, 2.75) is 62.0 Å². The van der Waals surface area contributed by atoms with Crippen LogP contribution in [-0.4, -0.2) is 88.8 Å². The molecule has 0 bridgehead atoms. The van der Waals surface area contributed by atoms with Crippen LogP contribution in [0.2, 0.25) is 0 Å². The summed E-state index contributed by atoms with van der Waals surface area (Å²) in [6.45, 7) is 5.07. The molecule has 2 unspecified atom stereocenters. The highest BCUT2D eigenvalue weighted by molar-refractivity contribution is 8.10. The van der Waals surface area contributed by atoms with E-state index in [0.717, 1.165) is 11.8 Å². The maximum atomic E-state index is 14.2. The molecule has 5 rings (SSSR count). The van der Waals surface area contributed by atoms with Gasteiger partial charge in [0.25, 0.3) is 0 Å². The smallest absolute Gasteiger partial charge is 0.335 e. The molecule has 3 aliphatic heterocycles. The molecule has 14 heteroatoms. The van der Waals surface area contributed by atoms with Gasteiger partial charge in [-0.25, -0.2) is 27.3 Å². The number of methoxy groups -OCH3 is 1. The third kappa shape index (κ3) is 5.22. The van der Waals surface area contributed by atoms with Gasteiger partial charge in [0.15, 0.2) is 5.54 Å². The maximum Gasteiger partial charge on any atom is 0.335 e. The van der Waals surface area contributed by atoms with Crippen LogP contribution in [-0.2, 0) is 24.3 Å². The van der Waals surface area contributed by atoms with Crippen LogP contribution in [0.5, 0.6) is 5.75 Å². The van der Waals surface area contributed by atoms with Crippen molar-refractivity contribution in [3.63, 3.8) is 0 Å². The Kier molecular flexibility index (Phi) is 8.12. The van der Waals surface area contributed by atoms with Gasteiger partial charge in [-0.3, -0.25) is 0 Å². The Balaban J connectivity index is 1.60. The van der Waals surface area contributed by atoms with Gasteiger partial charge in [-0.1, -0.05) is 30.0 Å². The number of fused-ring (bicyclic) bond motifs is 1. The fourth-order valence-corrected chi connectivity index (χ4v) is 9.73. The van der Waals surface area contributed by atoms with Crippen molar-refractivity contribution < 1.29 is 41.7 Å². The SMILES string of the molecule is COc1ccccc1[C@H](CN1C(=O)N(C(C)(C)C(=O)O)S(=O)(=O)C2C(C)=C(c3ncco3)SC21)OC1CCOCC1. The average Bonchev–Trinajstić information content (AvgIpc) is 3.59. The lowest BCUT2D eigenvalue weighted by molar-refractivity contribution is -0.145. The number of nitrogens with zero attached hydrogens (tertiary/aromatic N) is 3. The first-order chi connectivity index (χ1) is 19.5. The second-order valence-corrected chi connectivity index (χ2v) is 13.6. The zero-order chi connectivity index (χ0) is 29.5. The number of urea groups is 1. The second kappa shape index (κ2) is 11.3. The van der Waals surface area contributed by atoms with E-state index in [0.29, 0.717) is 52.2 Å². The largest absolute Gasteiger partial charge is 0.496 e. The third-order valence-electron chi connectivity index (χ3n) is 7.62. The number of rotatable bonds is 9. The Labute approximate surface area is 242 Å². The van der Waals surface area contributed by atoms with E-state index in [1.165, 1.54) is 31.2 Å². The monoisotopic (exact) mass is 607 g/mol. The highest BCUT2D eigenvalue weighted by Crippen LogP contribution is 2.52. The number of carbonyl (C=O) groups excluding carboxylic acids is 1. The van der Waals surface area contributed by atoms with Gasteiger partial charge in [-0.05, 0) is 45.3 Å². The van der Waals surface area contributed by atoms with E-state index in [4.69, 9.17) is 18.6 Å². The lowest BCUT2D eigenvalue weighted by Crippen LogP contribution is -2.68. The van der Waals surface area contributed by atoms with Crippen molar-refractivity contribution >= 4 is 38.7 Å². The van der Waals surface area contributed by atoms with Gasteiger partial charge in [-0.15, -0.1) is 0 Å². The summed E-state index contributed by atoms with van der Waals surface area (Å²) in [5.41, 5.74) is -0.952. The number of carbonyl (C=O) groups is 2. The molecule has 3 aliphatic rings. The summed E-state index contributed by atoms with van der Waals surface area (Å²) >= 11 is 1.16. The fraction of sp³-hybridized carbons (Fsp3) is 0.519. The van der Waals surface area contributed by atoms with E-state index in [9.17, 15) is 23.1 Å². The number of hydrogen-bond acceptors (Lipinski definition) is 10. The molecule has 1 aromatic carbocycles. The van der Waals surface area contributed by atoms with Gasteiger partial charge in [0, 0.05) is 18.8 Å². The Hall–Kier alpha value is -3.07. The van der Waals surface area contributed by atoms with Crippen LogP contribution >= 0.6 is 11.8 Å². The lowest BCUT2D eigenvalue weighted by Gasteiger charge is -2.47. The summed E-state index contributed by atoms with van der Waals surface area (Å²) in [4.78, 5) is 32.6. The van der Waals surface area contributed by atoms with Gasteiger partial charge in [0.2, 0.25) is 15.9 Å². The van der Waals surface area contributed by atoms with Crippen LogP contribution in [0.4, 0.5) is 4.79 Å². The van der Waals surface area contributed by atoms with Crippen LogP contribution in [0, 0.1) is 0 Å². The van der Waals surface area contributed by atoms with E-state index < -0.39 is 44.3 Å². The van der Waals surface area contributed by atoms with Crippen molar-refractivity contribution in [2.24, 2.45) is 0 Å². The molecule has 2 aromatic rings. The second-order valence-electron chi connectivity index (χ2n) is 10.6. The van der Waals surface area contributed by atoms with E-state index in [2.05, 4.69) is 4.98 Å². The molecule has 1 N–H and O–H groups in total. The number of aliphatic carboxylic acids is 1. The van der Waals surface area contributed by atoms with Crippen molar-refractivity contribution in [2.75, 3.05) is 26.9 Å². The molecule has 222 valence electrons. The first-order valence-corrected chi connectivity index (χ1v) is 15.6. The molecule has 4 heterocycles. The molecule has 41 heavy (non-hydrogen) atoms. The third-order valence-corrected chi connectivity index (χ3v) is 11.7. The van der Waals surface area contributed by atoms with Crippen molar-refractivity contribution in [3.8, 4) is 5.75 Å². The highest BCUT2D eigenvalue weighted by atomic mass is 32.2. The van der Waals surface area contributed by atoms with Gasteiger partial charge < -0.3 is 28.6 Å². The number of sulfonamides is 1. The number of aromatic nitrogens is 1. The number of carboxylic acids is 1. The number of amides is 2. The first kappa shape index (κ1) is 29.4. The normalized spacial score (nSPS) is 24.0. The van der Waals surface area contributed by atoms with Gasteiger partial charge in [-0.2, -0.15) is 0 Å². The zero-order valence-corrected chi connectivity index (χ0v) is 24.8. The first-order valence-electron chi connectivity index (χ1n) is 13.2. The van der Waals surface area contributed by atoms with Crippen LogP contribution in [0.3, 0.4) is 0 Å². The Morgan fingerprint density at radius 1 is 1.27 bits per heavy atom. The summed E-state index contributed by atoms with van der Waals surface area (Å²) in [6.07, 6.45) is 3.28. The molecule has 0 saturated carbocycles. The van der Waals surface area contributed by atoms with E-state index in [1.54, 1.807) is 20.1 Å². The molecule has 0 radical (unpaired) electrons. The minimum Gasteiger partial charge on any atom is -0.496 e. The minimum absolute atomic E-state index is 0.0570. The average molecular weight is 608 g/mol. The number of thioether (sulfide) groups is 1. The van der Waals surface area contributed by atoms with Crippen molar-refractivity contribution in [1.29, 1.82) is 0 Å². The van der Waals surface area contributed by atoms with Crippen LogP contribution in [0.15, 0.2) is 46.7 Å². The summed E-state index contributed by atoms with van der Waals surface area (Å²) in [7, 11) is -2.93. The predicted octanol–water partition coefficient (Wildman–Crippen LogP) is 3.72. The maximum absolute atomic E-state index is 14.2. The standard InChI is InChI=1S/C27H33N3O9S2/c1-16-21(23-28-11-14-38-23)40-24-22(16)41(34,35)30(27(2,3)25(31)32)26(33)29(24)15-20(39-17-9-12-37-13-10-17)18-7-5-6-8-19(18)36-4/h5-8,11,14,17,20,22,24H,9-10,12-13,15H2,1-4H3,(H,31,32)/t20-,22?,24?/m0/s1. The number of benzene rings is 1. The molecule has 3 atom stereocenters. The number of carboxylic acid groups (broad SMARTS) is 1. The van der Waals surface area contributed by atoms with Gasteiger partial charge in [0.05, 0.1) is 30.9 Å². The summed E-state index contributed by atoms with van der Waals surface area (Å²) in [5.74, 6) is -0.671. The summed E-state index contributed by atoms with van der Waals surface area (Å²) in [5, 5.41) is 7.87. The molecular formula is C27H33N3O9S2. The molecule has 0 aliphatic carbocycles. The molecule has 2 fully saturated rings. The van der Waals surface area contributed by atoms with Gasteiger partial charge in [0.1, 0.15) is 28.7 Å². The van der Waals surface area contributed by atoms with Crippen molar-refractivity contribution in [1.82, 2.24) is 14.2 Å². The van der Waals surface area contributed by atoms with Crippen LogP contribution in [0.25, 0.3) is 4.91 Å². The molecule has 2 amide bonds. The number of oxazole rings is 1. The molecule has 2 saturated heterocycles. The summed E-state index contributed by atoms with van der Waals surface area (Å²) < 4.78 is 51.8. The molecule has 0 spiro atoms. The van der Waals surface area contributed by atoms with E-state index in [-0.39, 0.29) is 18.5 Å². The highest BCUT2D eigenvalue weighted by Gasteiger charge is 2.61. The Bertz CT molecular complexity index is 1440. The van der Waals surface area contributed by atoms with Crippen LogP contribution in [0.1, 0.15) is 51.2 Å². The lowest BCUT2D eigenvalue weighted by atomic mass is 10.0. The molecule has 12 nitrogen and oxygen atoms in total. The van der Waals surface area contributed by atoms with Crippen molar-refractivity contribution in [3.05, 3.63) is 53.8 Å². The minimum atomic E-state index is -4.47. The van der Waals surface area contributed by atoms with Gasteiger partial charge >= 0.3 is 12.0 Å². The zero-order valence-electron chi connectivity index (χ0n) is 23.2. The molecule has 1 aromatic heterocycles. The predicted molar refractivity (Wildman–Crippen MR) is 150 cm³/mol. The summed E-state index contributed by atoms with van der Waals surface area (Å²) in [6, 6.07) is 6.34. The number of ether oxygens (including phenoxy) is 3. The fourth-order valence-electron chi connectivity index (χ4n) is 5.41. The quantitative estimate of drug-likeness (QED) is 0.444. The van der Waals surface area contributed by atoms with Crippen LogP contribution < -0.4 is 4.74 Å². The van der Waals surface area contributed by atoms with E-state index in [1.807, 2.05) is 18.2 Å². The Morgan fingerprint density at radius 3 is 2.61 bits per heavy atom. The topological polar surface area (TPSA) is 149 Å².